The van der Waals surface area contributed by atoms with E-state index >= 15 is 0 Å². The molecule has 0 N–H and O–H groups in total. The number of rotatable bonds is 10. The van der Waals surface area contributed by atoms with Crippen LogP contribution >= 0.6 is 0 Å². The van der Waals surface area contributed by atoms with E-state index in [1.807, 2.05) is 6.92 Å². The van der Waals surface area contributed by atoms with E-state index in [2.05, 4.69) is 13.8 Å². The summed E-state index contributed by atoms with van der Waals surface area (Å²) >= 11 is 0. The lowest BCUT2D eigenvalue weighted by Gasteiger charge is -2.19. The van der Waals surface area contributed by atoms with E-state index in [4.69, 9.17) is 9.47 Å². The number of carbonyl (C=O) groups is 2. The largest absolute Gasteiger partial charge is 0.465 e. The Balaban J connectivity index is 2.86. The normalized spacial score (nSPS) is 15.3. The minimum atomic E-state index is -0.478. The topological polar surface area (TPSA) is 52.6 Å². The molecule has 4 nitrogen and oxygen atoms in total. The van der Waals surface area contributed by atoms with Crippen molar-refractivity contribution in [2.45, 2.75) is 78.6 Å². The number of hydrogen-bond acceptors (Lipinski definition) is 4. The van der Waals surface area contributed by atoms with Crippen molar-refractivity contribution in [3.05, 3.63) is 11.1 Å². The van der Waals surface area contributed by atoms with E-state index in [-0.39, 0.29) is 11.9 Å². The highest BCUT2D eigenvalue weighted by Crippen LogP contribution is 2.33. The molecule has 1 fully saturated rings. The first-order valence-corrected chi connectivity index (χ1v) is 9.21. The molecule has 1 aliphatic carbocycles. The van der Waals surface area contributed by atoms with Crippen molar-refractivity contribution in [2.24, 2.45) is 5.92 Å². The van der Waals surface area contributed by atoms with Gasteiger partial charge in [-0.3, -0.25) is 4.79 Å². The van der Waals surface area contributed by atoms with Gasteiger partial charge in [-0.2, -0.15) is 0 Å². The van der Waals surface area contributed by atoms with Crippen LogP contribution in [0.4, 0.5) is 0 Å². The summed E-state index contributed by atoms with van der Waals surface area (Å²) < 4.78 is 10.8. The van der Waals surface area contributed by atoms with Gasteiger partial charge in [0, 0.05) is 0 Å². The molecule has 1 rings (SSSR count). The van der Waals surface area contributed by atoms with Gasteiger partial charge in [0.2, 0.25) is 0 Å². The summed E-state index contributed by atoms with van der Waals surface area (Å²) in [6, 6.07) is 0. The minimum absolute atomic E-state index is 0.275. The second-order valence-electron chi connectivity index (χ2n) is 6.20. The number of hydrogen-bond donors (Lipinski definition) is 0. The van der Waals surface area contributed by atoms with Crippen molar-refractivity contribution in [1.82, 2.24) is 0 Å². The third-order valence-corrected chi connectivity index (χ3v) is 4.32. The van der Waals surface area contributed by atoms with E-state index < -0.39 is 5.92 Å². The van der Waals surface area contributed by atoms with Gasteiger partial charge in [-0.15, -0.1) is 0 Å². The van der Waals surface area contributed by atoms with Crippen LogP contribution in [-0.2, 0) is 19.1 Å². The van der Waals surface area contributed by atoms with E-state index in [1.165, 1.54) is 0 Å². The third kappa shape index (κ3) is 6.36. The summed E-state index contributed by atoms with van der Waals surface area (Å²) in [5, 5.41) is 0. The van der Waals surface area contributed by atoms with Gasteiger partial charge < -0.3 is 9.47 Å². The summed E-state index contributed by atoms with van der Waals surface area (Å²) in [7, 11) is 0. The molecule has 1 unspecified atom stereocenters. The summed E-state index contributed by atoms with van der Waals surface area (Å²) in [5.41, 5.74) is 1.69. The van der Waals surface area contributed by atoms with Gasteiger partial charge in [0.25, 0.3) is 0 Å². The zero-order chi connectivity index (χ0) is 17.1. The van der Waals surface area contributed by atoms with Crippen LogP contribution < -0.4 is 0 Å². The molecule has 0 aromatic rings. The molecular weight excluding hydrogens is 292 g/mol. The van der Waals surface area contributed by atoms with Crippen molar-refractivity contribution in [2.75, 3.05) is 13.2 Å². The van der Waals surface area contributed by atoms with E-state index in [0.29, 0.717) is 25.2 Å². The van der Waals surface area contributed by atoms with Gasteiger partial charge in [-0.25, -0.2) is 4.79 Å². The van der Waals surface area contributed by atoms with Gasteiger partial charge in [-0.05, 0) is 44.9 Å². The zero-order valence-electron chi connectivity index (χ0n) is 15.0. The Morgan fingerprint density at radius 2 is 1.52 bits per heavy atom. The molecule has 0 radical (unpaired) electrons. The predicted octanol–water partition coefficient (Wildman–Crippen LogP) is 4.57. The SMILES string of the molecule is CCCCOC(=O)C(=C1CCCC1)C(CC)C(=O)OCCCC. The lowest BCUT2D eigenvalue weighted by atomic mass is 9.91. The molecule has 23 heavy (non-hydrogen) atoms. The summed E-state index contributed by atoms with van der Waals surface area (Å²) in [5.74, 6) is -1.06. The fraction of sp³-hybridized carbons (Fsp3) is 0.789. The van der Waals surface area contributed by atoms with Gasteiger partial charge in [-0.1, -0.05) is 39.2 Å². The summed E-state index contributed by atoms with van der Waals surface area (Å²) in [6.07, 6.45) is 8.22. The van der Waals surface area contributed by atoms with E-state index in [0.717, 1.165) is 56.9 Å². The quantitative estimate of drug-likeness (QED) is 0.335. The lowest BCUT2D eigenvalue weighted by Crippen LogP contribution is -2.26. The number of allylic oxidation sites excluding steroid dienone is 1. The molecule has 0 saturated heterocycles. The van der Waals surface area contributed by atoms with Crippen molar-refractivity contribution < 1.29 is 19.1 Å². The maximum absolute atomic E-state index is 12.6. The van der Waals surface area contributed by atoms with Crippen LogP contribution in [0.5, 0.6) is 0 Å². The molecule has 0 aliphatic heterocycles. The Morgan fingerprint density at radius 3 is 2.04 bits per heavy atom. The summed E-state index contributed by atoms with van der Waals surface area (Å²) in [4.78, 5) is 25.0. The van der Waals surface area contributed by atoms with Crippen LogP contribution in [0.1, 0.15) is 78.6 Å². The van der Waals surface area contributed by atoms with Crippen LogP contribution in [0.15, 0.2) is 11.1 Å². The van der Waals surface area contributed by atoms with Gasteiger partial charge in [0.05, 0.1) is 24.7 Å². The standard InChI is InChI=1S/C19H32O4/c1-4-7-13-22-18(20)16(6-3)17(15-11-9-10-12-15)19(21)23-14-8-5-2/h16H,4-14H2,1-3H3. The molecule has 1 saturated carbocycles. The zero-order valence-corrected chi connectivity index (χ0v) is 15.0. The molecule has 1 atom stereocenters. The Morgan fingerprint density at radius 1 is 0.957 bits per heavy atom. The molecule has 0 bridgehead atoms. The molecule has 0 spiro atoms. The number of ether oxygens (including phenoxy) is 2. The first kappa shape index (κ1) is 19.7. The fourth-order valence-electron chi connectivity index (χ4n) is 2.90. The van der Waals surface area contributed by atoms with Crippen molar-refractivity contribution >= 4 is 11.9 Å². The van der Waals surface area contributed by atoms with E-state index in [1.54, 1.807) is 0 Å². The molecule has 0 heterocycles. The average Bonchev–Trinajstić information content (AvgIpc) is 3.06. The second kappa shape index (κ2) is 11.3. The van der Waals surface area contributed by atoms with Gasteiger partial charge in [0.15, 0.2) is 0 Å². The van der Waals surface area contributed by atoms with Gasteiger partial charge >= 0.3 is 11.9 Å². The Bertz CT molecular complexity index is 404. The molecule has 0 amide bonds. The van der Waals surface area contributed by atoms with Crippen LogP contribution in [-0.4, -0.2) is 25.2 Å². The highest BCUT2D eigenvalue weighted by molar-refractivity contribution is 5.96. The monoisotopic (exact) mass is 324 g/mol. The highest BCUT2D eigenvalue weighted by atomic mass is 16.5. The maximum atomic E-state index is 12.6. The lowest BCUT2D eigenvalue weighted by molar-refractivity contribution is -0.151. The van der Waals surface area contributed by atoms with E-state index in [9.17, 15) is 9.59 Å². The van der Waals surface area contributed by atoms with Crippen molar-refractivity contribution in [3.63, 3.8) is 0 Å². The van der Waals surface area contributed by atoms with Gasteiger partial charge in [0.1, 0.15) is 0 Å². The molecule has 0 aromatic carbocycles. The molecule has 132 valence electrons. The van der Waals surface area contributed by atoms with Crippen molar-refractivity contribution in [1.29, 1.82) is 0 Å². The highest BCUT2D eigenvalue weighted by Gasteiger charge is 2.32. The van der Waals surface area contributed by atoms with Crippen LogP contribution in [0, 0.1) is 5.92 Å². The average molecular weight is 324 g/mol. The molecule has 1 aliphatic rings. The van der Waals surface area contributed by atoms with Crippen molar-refractivity contribution in [3.8, 4) is 0 Å². The second-order valence-corrected chi connectivity index (χ2v) is 6.20. The molecule has 0 aromatic heterocycles. The maximum Gasteiger partial charge on any atom is 0.334 e. The smallest absolute Gasteiger partial charge is 0.334 e. The fourth-order valence-corrected chi connectivity index (χ4v) is 2.90. The third-order valence-electron chi connectivity index (χ3n) is 4.32. The van der Waals surface area contributed by atoms with Crippen LogP contribution in [0.3, 0.4) is 0 Å². The van der Waals surface area contributed by atoms with Crippen LogP contribution in [0.2, 0.25) is 0 Å². The predicted molar refractivity (Wildman–Crippen MR) is 91.0 cm³/mol. The Labute approximate surface area is 140 Å². The number of esters is 2. The number of carbonyl (C=O) groups excluding carboxylic acids is 2. The Kier molecular flexibility index (Phi) is 9.65. The number of unbranched alkanes of at least 4 members (excludes halogenated alkanes) is 2. The molecular formula is C19H32O4. The first-order valence-electron chi connectivity index (χ1n) is 9.21. The minimum Gasteiger partial charge on any atom is -0.465 e. The first-order chi connectivity index (χ1) is 11.2. The molecule has 4 heteroatoms. The van der Waals surface area contributed by atoms with Crippen LogP contribution in [0.25, 0.3) is 0 Å². The Hall–Kier alpha value is -1.32. The summed E-state index contributed by atoms with van der Waals surface area (Å²) in [6.45, 7) is 6.90.